The summed E-state index contributed by atoms with van der Waals surface area (Å²) in [4.78, 5) is 11.8. The molecule has 0 saturated heterocycles. The molecule has 0 fully saturated rings. The molecular formula is C14H18O. The number of hydrogen-bond acceptors (Lipinski definition) is 1. The van der Waals surface area contributed by atoms with Crippen molar-refractivity contribution in [3.05, 3.63) is 48.0 Å². The van der Waals surface area contributed by atoms with Crippen molar-refractivity contribution in [3.63, 3.8) is 0 Å². The summed E-state index contributed by atoms with van der Waals surface area (Å²) in [6, 6.07) is 7.77. The van der Waals surface area contributed by atoms with Crippen molar-refractivity contribution in [3.8, 4) is 0 Å². The smallest absolute Gasteiger partial charge is 0.163 e. The first kappa shape index (κ1) is 11.7. The summed E-state index contributed by atoms with van der Waals surface area (Å²) in [5, 5.41) is 0. The van der Waals surface area contributed by atoms with Crippen molar-refractivity contribution in [2.24, 2.45) is 0 Å². The average molecular weight is 202 g/mol. The van der Waals surface area contributed by atoms with E-state index in [4.69, 9.17) is 0 Å². The van der Waals surface area contributed by atoms with Crippen LogP contribution in [-0.4, -0.2) is 5.78 Å². The number of carbonyl (C=O) groups is 1. The van der Waals surface area contributed by atoms with Crippen LogP contribution >= 0.6 is 0 Å². The lowest BCUT2D eigenvalue weighted by Gasteiger charge is -2.03. The Labute approximate surface area is 91.8 Å². The second-order valence-electron chi connectivity index (χ2n) is 3.77. The minimum atomic E-state index is 0.261. The molecule has 0 aliphatic carbocycles. The second kappa shape index (κ2) is 6.18. The molecule has 0 unspecified atom stereocenters. The number of unbranched alkanes of at least 4 members (excludes halogenated alkanes) is 2. The van der Waals surface area contributed by atoms with E-state index in [1.165, 1.54) is 0 Å². The van der Waals surface area contributed by atoms with Gasteiger partial charge in [0.15, 0.2) is 5.78 Å². The molecule has 0 atom stereocenters. The van der Waals surface area contributed by atoms with E-state index in [-0.39, 0.29) is 5.78 Å². The highest BCUT2D eigenvalue weighted by Crippen LogP contribution is 2.12. The molecule has 0 saturated carbocycles. The van der Waals surface area contributed by atoms with E-state index in [9.17, 15) is 4.79 Å². The lowest BCUT2D eigenvalue weighted by Crippen LogP contribution is -2.01. The first-order valence-electron chi connectivity index (χ1n) is 5.45. The Bertz CT molecular complexity index is 339. The Morgan fingerprint density at radius 1 is 1.33 bits per heavy atom. The Hall–Kier alpha value is -1.37. The van der Waals surface area contributed by atoms with Gasteiger partial charge >= 0.3 is 0 Å². The molecule has 0 N–H and O–H groups in total. The molecular weight excluding hydrogens is 184 g/mol. The zero-order chi connectivity index (χ0) is 11.1. The van der Waals surface area contributed by atoms with Gasteiger partial charge in [0.2, 0.25) is 0 Å². The van der Waals surface area contributed by atoms with Crippen molar-refractivity contribution in [1.29, 1.82) is 0 Å². The summed E-state index contributed by atoms with van der Waals surface area (Å²) in [6.07, 6.45) is 5.57. The summed E-state index contributed by atoms with van der Waals surface area (Å²) >= 11 is 0. The van der Waals surface area contributed by atoms with Gasteiger partial charge in [0, 0.05) is 12.0 Å². The van der Waals surface area contributed by atoms with Gasteiger partial charge in [-0.2, -0.15) is 0 Å². The molecule has 1 rings (SSSR count). The minimum Gasteiger partial charge on any atom is -0.294 e. The molecule has 0 aromatic heterocycles. The maximum Gasteiger partial charge on any atom is 0.163 e. The highest BCUT2D eigenvalue weighted by molar-refractivity contribution is 5.97. The van der Waals surface area contributed by atoms with Crippen LogP contribution in [0.4, 0.5) is 0 Å². The lowest BCUT2D eigenvalue weighted by atomic mass is 10.0. The topological polar surface area (TPSA) is 17.1 Å². The predicted molar refractivity (Wildman–Crippen MR) is 64.2 cm³/mol. The number of aryl methyl sites for hydroxylation is 1. The van der Waals surface area contributed by atoms with Crippen LogP contribution in [-0.2, 0) is 0 Å². The molecule has 15 heavy (non-hydrogen) atoms. The quantitative estimate of drug-likeness (QED) is 0.388. The summed E-state index contributed by atoms with van der Waals surface area (Å²) < 4.78 is 0. The SMILES string of the molecule is C=CCCCCC(=O)c1ccccc1C. The first-order chi connectivity index (χ1) is 7.25. The van der Waals surface area contributed by atoms with Crippen LogP contribution in [0.25, 0.3) is 0 Å². The van der Waals surface area contributed by atoms with Gasteiger partial charge in [-0.05, 0) is 31.7 Å². The number of ketones is 1. The average Bonchev–Trinajstić information content (AvgIpc) is 2.25. The van der Waals surface area contributed by atoms with Crippen LogP contribution < -0.4 is 0 Å². The van der Waals surface area contributed by atoms with Crippen molar-refractivity contribution in [2.75, 3.05) is 0 Å². The molecule has 1 nitrogen and oxygen atoms in total. The molecule has 0 radical (unpaired) electrons. The Balaban J connectivity index is 2.47. The monoisotopic (exact) mass is 202 g/mol. The summed E-state index contributed by atoms with van der Waals surface area (Å²) in [7, 11) is 0. The van der Waals surface area contributed by atoms with Crippen molar-refractivity contribution in [2.45, 2.75) is 32.6 Å². The number of allylic oxidation sites excluding steroid dienone is 1. The van der Waals surface area contributed by atoms with Crippen molar-refractivity contribution >= 4 is 5.78 Å². The summed E-state index contributed by atoms with van der Waals surface area (Å²) in [5.41, 5.74) is 1.95. The number of carbonyl (C=O) groups excluding carboxylic acids is 1. The van der Waals surface area contributed by atoms with Gasteiger partial charge in [-0.3, -0.25) is 4.79 Å². The number of rotatable bonds is 6. The summed E-state index contributed by atoms with van der Waals surface area (Å²) in [5.74, 6) is 0.261. The highest BCUT2D eigenvalue weighted by Gasteiger charge is 2.06. The third kappa shape index (κ3) is 3.70. The third-order valence-electron chi connectivity index (χ3n) is 2.51. The molecule has 0 heterocycles. The van der Waals surface area contributed by atoms with Gasteiger partial charge in [0.1, 0.15) is 0 Å². The molecule has 0 spiro atoms. The van der Waals surface area contributed by atoms with Gasteiger partial charge in [0.25, 0.3) is 0 Å². The van der Waals surface area contributed by atoms with E-state index >= 15 is 0 Å². The Morgan fingerprint density at radius 2 is 2.07 bits per heavy atom. The maximum absolute atomic E-state index is 11.8. The van der Waals surface area contributed by atoms with Gasteiger partial charge in [-0.25, -0.2) is 0 Å². The van der Waals surface area contributed by atoms with Crippen molar-refractivity contribution < 1.29 is 4.79 Å². The standard InChI is InChI=1S/C14H18O/c1-3-4-5-6-11-14(15)13-10-8-7-9-12(13)2/h3,7-10H,1,4-6,11H2,2H3. The summed E-state index contributed by atoms with van der Waals surface area (Å²) in [6.45, 7) is 5.65. The normalized spacial score (nSPS) is 9.93. The molecule has 0 amide bonds. The molecule has 1 aromatic rings. The fourth-order valence-corrected chi connectivity index (χ4v) is 1.59. The zero-order valence-electron chi connectivity index (χ0n) is 9.33. The zero-order valence-corrected chi connectivity index (χ0v) is 9.33. The van der Waals surface area contributed by atoms with Crippen LogP contribution in [0.1, 0.15) is 41.6 Å². The van der Waals surface area contributed by atoms with Crippen molar-refractivity contribution in [1.82, 2.24) is 0 Å². The molecule has 0 aliphatic heterocycles. The van der Waals surface area contributed by atoms with Crippen LogP contribution in [0, 0.1) is 6.92 Å². The van der Waals surface area contributed by atoms with Gasteiger partial charge in [-0.1, -0.05) is 30.3 Å². The minimum absolute atomic E-state index is 0.261. The van der Waals surface area contributed by atoms with E-state index in [1.807, 2.05) is 37.3 Å². The van der Waals surface area contributed by atoms with Crippen LogP contribution in [0.2, 0.25) is 0 Å². The molecule has 1 aromatic carbocycles. The number of Topliss-reactive ketones (excluding diaryl/α,β-unsaturated/α-hetero) is 1. The van der Waals surface area contributed by atoms with E-state index < -0.39 is 0 Å². The first-order valence-corrected chi connectivity index (χ1v) is 5.45. The highest BCUT2D eigenvalue weighted by atomic mass is 16.1. The fourth-order valence-electron chi connectivity index (χ4n) is 1.59. The third-order valence-corrected chi connectivity index (χ3v) is 2.51. The molecule has 0 aliphatic rings. The molecule has 0 bridgehead atoms. The lowest BCUT2D eigenvalue weighted by molar-refractivity contribution is 0.0979. The Kier molecular flexibility index (Phi) is 4.82. The fraction of sp³-hybridized carbons (Fsp3) is 0.357. The number of hydrogen-bond donors (Lipinski definition) is 0. The van der Waals surface area contributed by atoms with E-state index in [0.29, 0.717) is 6.42 Å². The Morgan fingerprint density at radius 3 is 2.73 bits per heavy atom. The van der Waals surface area contributed by atoms with Crippen LogP contribution in [0.3, 0.4) is 0 Å². The second-order valence-corrected chi connectivity index (χ2v) is 3.77. The largest absolute Gasteiger partial charge is 0.294 e. The van der Waals surface area contributed by atoms with Crippen LogP contribution in [0.5, 0.6) is 0 Å². The van der Waals surface area contributed by atoms with E-state index in [1.54, 1.807) is 0 Å². The number of benzene rings is 1. The molecule has 80 valence electrons. The van der Waals surface area contributed by atoms with Gasteiger partial charge < -0.3 is 0 Å². The van der Waals surface area contributed by atoms with Crippen LogP contribution in [0.15, 0.2) is 36.9 Å². The van der Waals surface area contributed by atoms with E-state index in [0.717, 1.165) is 30.4 Å². The predicted octanol–water partition coefficient (Wildman–Crippen LogP) is 3.92. The maximum atomic E-state index is 11.8. The van der Waals surface area contributed by atoms with Gasteiger partial charge in [-0.15, -0.1) is 6.58 Å². The molecule has 1 heteroatoms. The van der Waals surface area contributed by atoms with Gasteiger partial charge in [0.05, 0.1) is 0 Å². The van der Waals surface area contributed by atoms with E-state index in [2.05, 4.69) is 6.58 Å².